The molecule has 3 aromatic rings. The summed E-state index contributed by atoms with van der Waals surface area (Å²) in [5.41, 5.74) is 1.76. The van der Waals surface area contributed by atoms with Gasteiger partial charge in [-0.25, -0.2) is 0 Å². The zero-order valence-corrected chi connectivity index (χ0v) is 17.9. The van der Waals surface area contributed by atoms with Gasteiger partial charge in [-0.15, -0.1) is 0 Å². The van der Waals surface area contributed by atoms with Crippen LogP contribution in [0.2, 0.25) is 0 Å². The van der Waals surface area contributed by atoms with E-state index in [9.17, 15) is 19.7 Å². The van der Waals surface area contributed by atoms with E-state index in [1.165, 1.54) is 6.07 Å². The number of para-hydroxylation sites is 1. The maximum Gasteiger partial charge on any atom is 0.293 e. The Morgan fingerprint density at radius 3 is 2.15 bits per heavy atom. The molecule has 0 radical (unpaired) electrons. The van der Waals surface area contributed by atoms with Crippen LogP contribution in [0.5, 0.6) is 0 Å². The van der Waals surface area contributed by atoms with Crippen molar-refractivity contribution in [2.45, 2.75) is 18.9 Å². The van der Waals surface area contributed by atoms with Gasteiger partial charge in [-0.05, 0) is 49.2 Å². The fourth-order valence-corrected chi connectivity index (χ4v) is 3.87. The van der Waals surface area contributed by atoms with E-state index in [0.717, 1.165) is 5.69 Å². The van der Waals surface area contributed by atoms with Gasteiger partial charge in [0.2, 0.25) is 0 Å². The summed E-state index contributed by atoms with van der Waals surface area (Å²) in [6.07, 6.45) is 1.25. The van der Waals surface area contributed by atoms with Crippen LogP contribution in [0.25, 0.3) is 0 Å². The van der Waals surface area contributed by atoms with Crippen LogP contribution in [0.4, 0.5) is 17.1 Å². The van der Waals surface area contributed by atoms with Gasteiger partial charge in [-0.2, -0.15) is 0 Å². The number of piperidine rings is 1. The van der Waals surface area contributed by atoms with E-state index in [2.05, 4.69) is 10.6 Å². The number of nitro groups is 1. The summed E-state index contributed by atoms with van der Waals surface area (Å²) in [4.78, 5) is 38.2. The normalized spacial score (nSPS) is 13.9. The highest BCUT2D eigenvalue weighted by Gasteiger charge is 2.26. The first-order valence-electron chi connectivity index (χ1n) is 10.8. The van der Waals surface area contributed by atoms with Gasteiger partial charge in [0.25, 0.3) is 17.5 Å². The lowest BCUT2D eigenvalue weighted by molar-refractivity contribution is -0.383. The number of anilines is 2. The predicted octanol–water partition coefficient (Wildman–Crippen LogP) is 4.37. The molecule has 0 spiro atoms. The average Bonchev–Trinajstić information content (AvgIpc) is 2.85. The van der Waals surface area contributed by atoms with Crippen molar-refractivity contribution in [3.63, 3.8) is 0 Å². The zero-order chi connectivity index (χ0) is 23.2. The van der Waals surface area contributed by atoms with Crippen LogP contribution in [0.15, 0.2) is 78.9 Å². The summed E-state index contributed by atoms with van der Waals surface area (Å²) < 4.78 is 0. The monoisotopic (exact) mass is 444 g/mol. The molecule has 0 atom stereocenters. The lowest BCUT2D eigenvalue weighted by Gasteiger charge is -2.32. The first-order chi connectivity index (χ1) is 16.0. The van der Waals surface area contributed by atoms with Crippen molar-refractivity contribution in [1.82, 2.24) is 10.2 Å². The van der Waals surface area contributed by atoms with Crippen LogP contribution in [-0.2, 0) is 0 Å². The standard InChI is InChI=1S/C25H24N4O4/c30-24(18-7-3-1-4-8-18)27-21-13-15-28(16-14-21)25(31)19-11-12-22(23(17-19)29(32)33)26-20-9-5-2-6-10-20/h1-12,17,21,26H,13-16H2,(H,27,30). The van der Waals surface area contributed by atoms with Crippen molar-refractivity contribution >= 4 is 28.9 Å². The zero-order valence-electron chi connectivity index (χ0n) is 17.9. The van der Waals surface area contributed by atoms with Gasteiger partial charge < -0.3 is 15.5 Å². The van der Waals surface area contributed by atoms with Crippen molar-refractivity contribution in [3.8, 4) is 0 Å². The van der Waals surface area contributed by atoms with Gasteiger partial charge in [0.1, 0.15) is 5.69 Å². The number of hydrogen-bond donors (Lipinski definition) is 2. The number of likely N-dealkylation sites (tertiary alicyclic amines) is 1. The summed E-state index contributed by atoms with van der Waals surface area (Å²) in [6, 6.07) is 22.6. The molecule has 3 aromatic carbocycles. The Kier molecular flexibility index (Phi) is 6.64. The maximum absolute atomic E-state index is 13.0. The Balaban J connectivity index is 1.39. The second-order valence-electron chi connectivity index (χ2n) is 7.89. The number of benzene rings is 3. The van der Waals surface area contributed by atoms with Crippen LogP contribution >= 0.6 is 0 Å². The van der Waals surface area contributed by atoms with E-state index in [-0.39, 0.29) is 29.1 Å². The number of nitrogens with zero attached hydrogens (tertiary/aromatic N) is 2. The van der Waals surface area contributed by atoms with Crippen molar-refractivity contribution in [1.29, 1.82) is 0 Å². The molecule has 0 aliphatic carbocycles. The third kappa shape index (κ3) is 5.35. The van der Waals surface area contributed by atoms with E-state index in [1.54, 1.807) is 29.2 Å². The molecule has 168 valence electrons. The Morgan fingerprint density at radius 2 is 1.52 bits per heavy atom. The fraction of sp³-hybridized carbons (Fsp3) is 0.200. The van der Waals surface area contributed by atoms with Gasteiger partial charge in [-0.1, -0.05) is 36.4 Å². The topological polar surface area (TPSA) is 105 Å². The van der Waals surface area contributed by atoms with Gasteiger partial charge >= 0.3 is 0 Å². The number of nitro benzene ring substituents is 1. The SMILES string of the molecule is O=C(NC1CCN(C(=O)c2ccc(Nc3ccccc3)c([N+](=O)[O-])c2)CC1)c1ccccc1. The second kappa shape index (κ2) is 9.95. The Morgan fingerprint density at radius 1 is 0.879 bits per heavy atom. The molecule has 2 amide bonds. The minimum atomic E-state index is -0.493. The molecule has 1 aliphatic heterocycles. The highest BCUT2D eigenvalue weighted by Crippen LogP contribution is 2.29. The highest BCUT2D eigenvalue weighted by molar-refractivity contribution is 5.96. The molecule has 2 N–H and O–H groups in total. The minimum absolute atomic E-state index is 0.0199. The van der Waals surface area contributed by atoms with Gasteiger partial charge in [0.15, 0.2) is 0 Å². The van der Waals surface area contributed by atoms with Crippen molar-refractivity contribution in [2.24, 2.45) is 0 Å². The smallest absolute Gasteiger partial charge is 0.293 e. The molecule has 0 unspecified atom stereocenters. The Bertz CT molecular complexity index is 1140. The van der Waals surface area contributed by atoms with E-state index < -0.39 is 4.92 Å². The fourth-order valence-electron chi connectivity index (χ4n) is 3.87. The molecule has 8 nitrogen and oxygen atoms in total. The van der Waals surface area contributed by atoms with E-state index in [1.807, 2.05) is 48.5 Å². The summed E-state index contributed by atoms with van der Waals surface area (Å²) in [5, 5.41) is 17.7. The highest BCUT2D eigenvalue weighted by atomic mass is 16.6. The molecule has 0 saturated carbocycles. The van der Waals surface area contributed by atoms with Crippen LogP contribution in [-0.4, -0.2) is 40.8 Å². The van der Waals surface area contributed by atoms with E-state index in [0.29, 0.717) is 37.2 Å². The molecule has 0 bridgehead atoms. The number of carbonyl (C=O) groups is 2. The number of amides is 2. The van der Waals surface area contributed by atoms with Crippen molar-refractivity contribution in [2.75, 3.05) is 18.4 Å². The number of hydrogen-bond acceptors (Lipinski definition) is 5. The lowest BCUT2D eigenvalue weighted by atomic mass is 10.0. The molecule has 1 heterocycles. The number of nitrogens with one attached hydrogen (secondary N) is 2. The van der Waals surface area contributed by atoms with Crippen molar-refractivity contribution < 1.29 is 14.5 Å². The van der Waals surface area contributed by atoms with Crippen LogP contribution < -0.4 is 10.6 Å². The summed E-state index contributed by atoms with van der Waals surface area (Å²) >= 11 is 0. The molecular formula is C25H24N4O4. The van der Waals surface area contributed by atoms with E-state index >= 15 is 0 Å². The Hall–Kier alpha value is -4.20. The van der Waals surface area contributed by atoms with Gasteiger partial charge in [0.05, 0.1) is 4.92 Å². The van der Waals surface area contributed by atoms with Crippen LogP contribution in [0.1, 0.15) is 33.6 Å². The minimum Gasteiger partial charge on any atom is -0.350 e. The molecule has 1 fully saturated rings. The number of rotatable bonds is 6. The third-order valence-electron chi connectivity index (χ3n) is 5.65. The molecule has 33 heavy (non-hydrogen) atoms. The Labute approximate surface area is 191 Å². The third-order valence-corrected chi connectivity index (χ3v) is 5.65. The lowest BCUT2D eigenvalue weighted by Crippen LogP contribution is -2.46. The molecule has 8 heteroatoms. The largest absolute Gasteiger partial charge is 0.350 e. The number of carbonyl (C=O) groups excluding carboxylic acids is 2. The predicted molar refractivity (Wildman–Crippen MR) is 126 cm³/mol. The summed E-state index contributed by atoms with van der Waals surface area (Å²) in [7, 11) is 0. The van der Waals surface area contributed by atoms with E-state index in [4.69, 9.17) is 0 Å². The van der Waals surface area contributed by atoms with Crippen LogP contribution in [0.3, 0.4) is 0 Å². The molecular weight excluding hydrogens is 420 g/mol. The molecule has 1 aliphatic rings. The van der Waals surface area contributed by atoms with Gasteiger partial charge in [0, 0.05) is 42.0 Å². The first kappa shape index (κ1) is 22.0. The molecule has 1 saturated heterocycles. The molecule has 0 aromatic heterocycles. The second-order valence-corrected chi connectivity index (χ2v) is 7.89. The van der Waals surface area contributed by atoms with Gasteiger partial charge in [-0.3, -0.25) is 19.7 Å². The summed E-state index contributed by atoms with van der Waals surface area (Å²) in [5.74, 6) is -0.380. The quantitative estimate of drug-likeness (QED) is 0.434. The molecule has 4 rings (SSSR count). The maximum atomic E-state index is 13.0. The van der Waals surface area contributed by atoms with Crippen LogP contribution in [0, 0.1) is 10.1 Å². The van der Waals surface area contributed by atoms with Crippen molar-refractivity contribution in [3.05, 3.63) is 100 Å². The first-order valence-corrected chi connectivity index (χ1v) is 10.8. The summed E-state index contributed by atoms with van der Waals surface area (Å²) in [6.45, 7) is 0.937. The average molecular weight is 444 g/mol.